The van der Waals surface area contributed by atoms with E-state index in [4.69, 9.17) is 4.74 Å². The van der Waals surface area contributed by atoms with Crippen LogP contribution in [-0.2, 0) is 13.5 Å². The Kier molecular flexibility index (Phi) is 10.8. The van der Waals surface area contributed by atoms with Crippen LogP contribution in [0, 0.1) is 0 Å². The van der Waals surface area contributed by atoms with E-state index in [2.05, 4.69) is 46.0 Å². The standard InChI is InChI=1S/C20H31N5O.HI/c1-16(18-7-9-19(26-4)10-8-18)11-13-23-20(21-2)22-12-5-6-17-14-24-25(3)15-17;/h7-10,14-16H,5-6,11-13H2,1-4H3,(H2,21,22,23);1H. The summed E-state index contributed by atoms with van der Waals surface area (Å²) < 4.78 is 7.05. The average Bonchev–Trinajstić information content (AvgIpc) is 3.08. The molecule has 0 radical (unpaired) electrons. The molecule has 0 saturated carbocycles. The molecular formula is C20H32IN5O. The van der Waals surface area contributed by atoms with Crippen LogP contribution in [0.25, 0.3) is 0 Å². The molecule has 0 aliphatic heterocycles. The predicted octanol–water partition coefficient (Wildman–Crippen LogP) is 3.34. The summed E-state index contributed by atoms with van der Waals surface area (Å²) >= 11 is 0. The summed E-state index contributed by atoms with van der Waals surface area (Å²) in [6.45, 7) is 4.02. The summed E-state index contributed by atoms with van der Waals surface area (Å²) in [5.41, 5.74) is 2.59. The lowest BCUT2D eigenvalue weighted by molar-refractivity contribution is 0.414. The first-order valence-electron chi connectivity index (χ1n) is 9.18. The monoisotopic (exact) mass is 485 g/mol. The highest BCUT2D eigenvalue weighted by molar-refractivity contribution is 14.0. The van der Waals surface area contributed by atoms with Gasteiger partial charge in [0.2, 0.25) is 0 Å². The average molecular weight is 485 g/mol. The van der Waals surface area contributed by atoms with Gasteiger partial charge in [0.05, 0.1) is 13.3 Å². The van der Waals surface area contributed by atoms with Crippen molar-refractivity contribution in [2.75, 3.05) is 27.2 Å². The van der Waals surface area contributed by atoms with E-state index in [1.165, 1.54) is 11.1 Å². The fourth-order valence-corrected chi connectivity index (χ4v) is 2.83. The summed E-state index contributed by atoms with van der Waals surface area (Å²) in [7, 11) is 5.45. The van der Waals surface area contributed by atoms with Crippen molar-refractivity contribution in [1.82, 2.24) is 20.4 Å². The molecule has 2 rings (SSSR count). The van der Waals surface area contributed by atoms with Gasteiger partial charge in [-0.15, -0.1) is 24.0 Å². The molecule has 0 bridgehead atoms. The van der Waals surface area contributed by atoms with Crippen LogP contribution in [0.2, 0.25) is 0 Å². The van der Waals surface area contributed by atoms with Crippen molar-refractivity contribution in [3.05, 3.63) is 47.8 Å². The van der Waals surface area contributed by atoms with E-state index in [1.807, 2.05) is 37.1 Å². The smallest absolute Gasteiger partial charge is 0.190 e. The maximum Gasteiger partial charge on any atom is 0.190 e. The second-order valence-corrected chi connectivity index (χ2v) is 6.51. The van der Waals surface area contributed by atoms with Gasteiger partial charge in [0, 0.05) is 33.4 Å². The Balaban J connectivity index is 0.00000364. The molecule has 1 aromatic carbocycles. The summed E-state index contributed by atoms with van der Waals surface area (Å²) in [6, 6.07) is 8.30. The number of ether oxygens (including phenoxy) is 1. The molecule has 0 aliphatic rings. The van der Waals surface area contributed by atoms with Gasteiger partial charge in [-0.3, -0.25) is 9.67 Å². The van der Waals surface area contributed by atoms with Crippen molar-refractivity contribution in [2.24, 2.45) is 12.0 Å². The molecule has 0 aliphatic carbocycles. The molecule has 1 aromatic heterocycles. The molecule has 7 heteroatoms. The lowest BCUT2D eigenvalue weighted by Crippen LogP contribution is -2.38. The van der Waals surface area contributed by atoms with Crippen LogP contribution in [0.3, 0.4) is 0 Å². The van der Waals surface area contributed by atoms with Crippen LogP contribution in [0.1, 0.15) is 36.8 Å². The zero-order chi connectivity index (χ0) is 18.8. The van der Waals surface area contributed by atoms with E-state index in [0.29, 0.717) is 5.92 Å². The van der Waals surface area contributed by atoms with Gasteiger partial charge in [-0.2, -0.15) is 5.10 Å². The van der Waals surface area contributed by atoms with Crippen molar-refractivity contribution in [3.8, 4) is 5.75 Å². The number of aliphatic imine (C=N–C) groups is 1. The predicted molar refractivity (Wildman–Crippen MR) is 122 cm³/mol. The zero-order valence-corrected chi connectivity index (χ0v) is 19.1. The number of hydrogen-bond donors (Lipinski definition) is 2. The second-order valence-electron chi connectivity index (χ2n) is 6.51. The van der Waals surface area contributed by atoms with Gasteiger partial charge in [0.15, 0.2) is 5.96 Å². The third kappa shape index (κ3) is 8.19. The van der Waals surface area contributed by atoms with Crippen LogP contribution < -0.4 is 15.4 Å². The molecular weight excluding hydrogens is 453 g/mol. The molecule has 2 N–H and O–H groups in total. The van der Waals surface area contributed by atoms with Crippen molar-refractivity contribution < 1.29 is 4.74 Å². The maximum absolute atomic E-state index is 5.21. The summed E-state index contributed by atoms with van der Waals surface area (Å²) in [5.74, 6) is 2.24. The minimum atomic E-state index is 0. The minimum Gasteiger partial charge on any atom is -0.497 e. The van der Waals surface area contributed by atoms with Crippen LogP contribution in [0.15, 0.2) is 41.7 Å². The molecule has 1 heterocycles. The summed E-state index contributed by atoms with van der Waals surface area (Å²) in [5, 5.41) is 11.0. The lowest BCUT2D eigenvalue weighted by atomic mass is 9.98. The van der Waals surface area contributed by atoms with Crippen molar-refractivity contribution >= 4 is 29.9 Å². The Bertz CT molecular complexity index is 684. The van der Waals surface area contributed by atoms with Crippen molar-refractivity contribution in [2.45, 2.75) is 32.1 Å². The lowest BCUT2D eigenvalue weighted by Gasteiger charge is -2.15. The SMILES string of the molecule is CN=C(NCCCc1cnn(C)c1)NCCC(C)c1ccc(OC)cc1.I. The van der Waals surface area contributed by atoms with Crippen LogP contribution in [-0.4, -0.2) is 43.0 Å². The summed E-state index contributed by atoms with van der Waals surface area (Å²) in [4.78, 5) is 4.29. The van der Waals surface area contributed by atoms with Gasteiger partial charge in [-0.1, -0.05) is 19.1 Å². The molecule has 27 heavy (non-hydrogen) atoms. The van der Waals surface area contributed by atoms with Gasteiger partial charge < -0.3 is 15.4 Å². The number of rotatable bonds is 9. The van der Waals surface area contributed by atoms with E-state index in [1.54, 1.807) is 7.11 Å². The van der Waals surface area contributed by atoms with Gasteiger partial charge in [0.25, 0.3) is 0 Å². The third-order valence-corrected chi connectivity index (χ3v) is 4.47. The number of halogens is 1. The van der Waals surface area contributed by atoms with E-state index >= 15 is 0 Å². The molecule has 0 spiro atoms. The third-order valence-electron chi connectivity index (χ3n) is 4.47. The number of methoxy groups -OCH3 is 1. The van der Waals surface area contributed by atoms with E-state index < -0.39 is 0 Å². The topological polar surface area (TPSA) is 63.5 Å². The quantitative estimate of drug-likeness (QED) is 0.248. The molecule has 1 unspecified atom stereocenters. The fourth-order valence-electron chi connectivity index (χ4n) is 2.83. The number of guanidine groups is 1. The Morgan fingerprint density at radius 2 is 1.93 bits per heavy atom. The van der Waals surface area contributed by atoms with Gasteiger partial charge in [-0.25, -0.2) is 0 Å². The molecule has 0 fully saturated rings. The van der Waals surface area contributed by atoms with Crippen LogP contribution in [0.4, 0.5) is 0 Å². The largest absolute Gasteiger partial charge is 0.497 e. The number of aromatic nitrogens is 2. The fraction of sp³-hybridized carbons (Fsp3) is 0.500. The van der Waals surface area contributed by atoms with E-state index in [0.717, 1.165) is 44.1 Å². The second kappa shape index (κ2) is 12.6. The normalized spacial score (nSPS) is 12.2. The first-order chi connectivity index (χ1) is 12.6. The molecule has 150 valence electrons. The van der Waals surface area contributed by atoms with Gasteiger partial charge >= 0.3 is 0 Å². The Morgan fingerprint density at radius 1 is 1.22 bits per heavy atom. The Morgan fingerprint density at radius 3 is 2.52 bits per heavy atom. The number of benzene rings is 1. The highest BCUT2D eigenvalue weighted by Gasteiger charge is 2.06. The van der Waals surface area contributed by atoms with Crippen LogP contribution >= 0.6 is 24.0 Å². The zero-order valence-electron chi connectivity index (χ0n) is 16.7. The maximum atomic E-state index is 5.21. The van der Waals surface area contributed by atoms with Crippen molar-refractivity contribution in [1.29, 1.82) is 0 Å². The number of nitrogens with one attached hydrogen (secondary N) is 2. The number of nitrogens with zero attached hydrogens (tertiary/aromatic N) is 3. The highest BCUT2D eigenvalue weighted by Crippen LogP contribution is 2.21. The van der Waals surface area contributed by atoms with Crippen LogP contribution in [0.5, 0.6) is 5.75 Å². The first kappa shape index (κ1) is 23.3. The molecule has 0 amide bonds. The number of hydrogen-bond acceptors (Lipinski definition) is 3. The molecule has 6 nitrogen and oxygen atoms in total. The number of aryl methyl sites for hydroxylation is 2. The molecule has 2 aromatic rings. The van der Waals surface area contributed by atoms with Gasteiger partial charge in [0.1, 0.15) is 5.75 Å². The van der Waals surface area contributed by atoms with E-state index in [9.17, 15) is 0 Å². The molecule has 1 atom stereocenters. The Labute approximate surface area is 179 Å². The van der Waals surface area contributed by atoms with Gasteiger partial charge in [-0.05, 0) is 48.4 Å². The first-order valence-corrected chi connectivity index (χ1v) is 9.18. The Hall–Kier alpha value is -1.77. The minimum absolute atomic E-state index is 0. The van der Waals surface area contributed by atoms with Crippen molar-refractivity contribution in [3.63, 3.8) is 0 Å². The van der Waals surface area contributed by atoms with E-state index in [-0.39, 0.29) is 24.0 Å². The highest BCUT2D eigenvalue weighted by atomic mass is 127. The summed E-state index contributed by atoms with van der Waals surface area (Å²) in [6.07, 6.45) is 7.10. The molecule has 0 saturated heterocycles.